The van der Waals surface area contributed by atoms with Crippen molar-refractivity contribution in [3.05, 3.63) is 176 Å². The van der Waals surface area contributed by atoms with Crippen LogP contribution in [0.3, 0.4) is 0 Å². The van der Waals surface area contributed by atoms with Crippen molar-refractivity contribution < 1.29 is 0 Å². The average Bonchev–Trinajstić information content (AvgIpc) is 3.15. The molecule has 0 bridgehead atoms. The van der Waals surface area contributed by atoms with Crippen molar-refractivity contribution in [1.29, 1.82) is 0 Å². The largest absolute Gasteiger partial charge is 0.294 e. The molecule has 0 amide bonds. The molecule has 0 aliphatic heterocycles. The van der Waals surface area contributed by atoms with E-state index in [1.165, 1.54) is 60.2 Å². The molecule has 7 aromatic carbocycles. The van der Waals surface area contributed by atoms with Crippen LogP contribution in [0.1, 0.15) is 0 Å². The zero-order valence-corrected chi connectivity index (χ0v) is 29.1. The third kappa shape index (κ3) is 5.83. The maximum absolute atomic E-state index is 5.37. The van der Waals surface area contributed by atoms with Gasteiger partial charge in [-0.15, -0.1) is 0 Å². The first-order valence-corrected chi connectivity index (χ1v) is 20.5. The summed E-state index contributed by atoms with van der Waals surface area (Å²) in [6.07, 6.45) is 0. The number of hydrogen-bond acceptors (Lipinski definition) is 2. The Kier molecular flexibility index (Phi) is 7.91. The van der Waals surface area contributed by atoms with Crippen molar-refractivity contribution >= 4 is 52.1 Å². The Morgan fingerprint density at radius 2 is 0.857 bits per heavy atom. The van der Waals surface area contributed by atoms with Gasteiger partial charge in [-0.2, -0.15) is 0 Å². The zero-order chi connectivity index (χ0) is 33.4. The first-order chi connectivity index (χ1) is 24.0. The first-order valence-electron chi connectivity index (χ1n) is 17.0. The minimum atomic E-state index is -1.68. The third-order valence-electron chi connectivity index (χ3n) is 9.31. The van der Waals surface area contributed by atoms with Crippen molar-refractivity contribution in [2.75, 3.05) is 4.90 Å². The lowest BCUT2D eigenvalue weighted by atomic mass is 9.87. The monoisotopic (exact) mass is 646 g/mol. The van der Waals surface area contributed by atoms with E-state index in [9.17, 15) is 0 Å². The highest BCUT2D eigenvalue weighted by atomic mass is 28.3. The maximum atomic E-state index is 5.37. The molecule has 8 rings (SSSR count). The molecule has 2 nitrogen and oxygen atoms in total. The second kappa shape index (κ2) is 12.7. The fourth-order valence-corrected chi connectivity index (χ4v) is 7.99. The van der Waals surface area contributed by atoms with Crippen LogP contribution in [-0.4, -0.2) is 13.1 Å². The molecule has 0 saturated heterocycles. The average molecular weight is 647 g/mol. The standard InChI is InChI=1S/C46H38N2Si/c1-49(2,3)44-29-17-28-43(47-44)48(38-22-11-6-12-23-38)46-41-26-15-13-24-39(41)45(40-25-14-16-27-42(40)46)37-31-35(33-18-7-4-8-19-33)30-36(32-37)34-20-9-5-10-21-34/h4-32H,1-3H3. The molecule has 236 valence electrons. The van der Waals surface area contributed by atoms with Crippen LogP contribution < -0.4 is 10.2 Å². The van der Waals surface area contributed by atoms with Gasteiger partial charge < -0.3 is 0 Å². The van der Waals surface area contributed by atoms with E-state index in [0.717, 1.165) is 17.2 Å². The summed E-state index contributed by atoms with van der Waals surface area (Å²) in [5.74, 6) is 0.937. The summed E-state index contributed by atoms with van der Waals surface area (Å²) in [5.41, 5.74) is 9.48. The summed E-state index contributed by atoms with van der Waals surface area (Å²) in [6, 6.07) is 63.5. The summed E-state index contributed by atoms with van der Waals surface area (Å²) < 4.78 is 0. The highest BCUT2D eigenvalue weighted by Crippen LogP contribution is 2.48. The van der Waals surface area contributed by atoms with E-state index in [1.807, 2.05) is 0 Å². The van der Waals surface area contributed by atoms with Crippen LogP contribution >= 0.6 is 0 Å². The number of pyridine rings is 1. The van der Waals surface area contributed by atoms with Crippen LogP contribution in [0.15, 0.2) is 176 Å². The lowest BCUT2D eigenvalue weighted by Gasteiger charge is -2.29. The van der Waals surface area contributed by atoms with Crippen molar-refractivity contribution in [3.8, 4) is 33.4 Å². The molecule has 0 spiro atoms. The van der Waals surface area contributed by atoms with E-state index in [1.54, 1.807) is 0 Å². The Morgan fingerprint density at radius 1 is 0.408 bits per heavy atom. The number of nitrogens with zero attached hydrogens (tertiary/aromatic N) is 2. The Bertz CT molecular complexity index is 2300. The lowest BCUT2D eigenvalue weighted by molar-refractivity contribution is 1.21. The lowest BCUT2D eigenvalue weighted by Crippen LogP contribution is -2.40. The third-order valence-corrected chi connectivity index (χ3v) is 11.1. The summed E-state index contributed by atoms with van der Waals surface area (Å²) >= 11 is 0. The quantitative estimate of drug-likeness (QED) is 0.127. The van der Waals surface area contributed by atoms with Gasteiger partial charge in [0.2, 0.25) is 0 Å². The van der Waals surface area contributed by atoms with Crippen LogP contribution in [-0.2, 0) is 0 Å². The van der Waals surface area contributed by atoms with Gasteiger partial charge >= 0.3 is 0 Å². The fourth-order valence-electron chi connectivity index (χ4n) is 6.94. The van der Waals surface area contributed by atoms with Crippen LogP contribution in [0.25, 0.3) is 54.9 Å². The van der Waals surface area contributed by atoms with Gasteiger partial charge in [0.05, 0.1) is 5.69 Å². The summed E-state index contributed by atoms with van der Waals surface area (Å²) in [4.78, 5) is 7.74. The highest BCUT2D eigenvalue weighted by molar-refractivity contribution is 6.88. The molecule has 8 aromatic rings. The molecule has 3 heteroatoms. The summed E-state index contributed by atoms with van der Waals surface area (Å²) in [5, 5.41) is 5.99. The number of aromatic nitrogens is 1. The number of rotatable bonds is 7. The molecule has 49 heavy (non-hydrogen) atoms. The molecule has 0 atom stereocenters. The SMILES string of the molecule is C[Si](C)(C)c1cccc(N(c2ccccc2)c2c3ccccc3c(-c3cc(-c4ccccc4)cc(-c4ccccc4)c3)c3ccccc23)n1. The Labute approximate surface area is 290 Å². The number of fused-ring (bicyclic) bond motifs is 2. The Hall–Kier alpha value is -5.77. The molecule has 0 fully saturated rings. The number of benzene rings is 7. The molecule has 1 heterocycles. The fraction of sp³-hybridized carbons (Fsp3) is 0.0652. The first kappa shape index (κ1) is 30.6. The van der Waals surface area contributed by atoms with E-state index in [2.05, 4.69) is 200 Å². The van der Waals surface area contributed by atoms with Gasteiger partial charge in [0.25, 0.3) is 0 Å². The van der Waals surface area contributed by atoms with Gasteiger partial charge in [-0.25, -0.2) is 4.98 Å². The number of hydrogen-bond donors (Lipinski definition) is 0. The van der Waals surface area contributed by atoms with Crippen LogP contribution in [0.2, 0.25) is 19.6 Å². The van der Waals surface area contributed by atoms with Gasteiger partial charge in [-0.3, -0.25) is 4.90 Å². The number of para-hydroxylation sites is 1. The van der Waals surface area contributed by atoms with Crippen LogP contribution in [0.5, 0.6) is 0 Å². The minimum absolute atomic E-state index is 0.937. The van der Waals surface area contributed by atoms with Crippen LogP contribution in [0.4, 0.5) is 17.2 Å². The van der Waals surface area contributed by atoms with Crippen molar-refractivity contribution in [3.63, 3.8) is 0 Å². The second-order valence-corrected chi connectivity index (χ2v) is 18.7. The summed E-state index contributed by atoms with van der Waals surface area (Å²) in [7, 11) is -1.68. The van der Waals surface area contributed by atoms with Gasteiger partial charge in [-0.1, -0.05) is 153 Å². The maximum Gasteiger partial charge on any atom is 0.137 e. The summed E-state index contributed by atoms with van der Waals surface area (Å²) in [6.45, 7) is 7.08. The van der Waals surface area contributed by atoms with Crippen molar-refractivity contribution in [2.45, 2.75) is 19.6 Å². The Morgan fingerprint density at radius 3 is 1.37 bits per heavy atom. The highest BCUT2D eigenvalue weighted by Gasteiger charge is 2.25. The Balaban J connectivity index is 1.46. The molecule has 0 unspecified atom stereocenters. The molecular formula is C46H38N2Si. The smallest absolute Gasteiger partial charge is 0.137 e. The topological polar surface area (TPSA) is 16.1 Å². The molecular weight excluding hydrogens is 609 g/mol. The number of anilines is 3. The van der Waals surface area contributed by atoms with Gasteiger partial charge in [-0.05, 0) is 86.6 Å². The molecule has 0 saturated carbocycles. The van der Waals surface area contributed by atoms with Gasteiger partial charge in [0.1, 0.15) is 13.9 Å². The predicted molar refractivity (Wildman–Crippen MR) is 213 cm³/mol. The van der Waals surface area contributed by atoms with Crippen LogP contribution in [0, 0.1) is 0 Å². The minimum Gasteiger partial charge on any atom is -0.294 e. The van der Waals surface area contributed by atoms with E-state index in [-0.39, 0.29) is 0 Å². The molecule has 0 aliphatic carbocycles. The normalized spacial score (nSPS) is 11.6. The van der Waals surface area contributed by atoms with Gasteiger partial charge in [0.15, 0.2) is 0 Å². The molecule has 0 N–H and O–H groups in total. The van der Waals surface area contributed by atoms with Gasteiger partial charge in [0, 0.05) is 21.8 Å². The molecule has 0 radical (unpaired) electrons. The molecule has 0 aliphatic rings. The van der Waals surface area contributed by atoms with Crippen molar-refractivity contribution in [2.24, 2.45) is 0 Å². The van der Waals surface area contributed by atoms with Crippen molar-refractivity contribution in [1.82, 2.24) is 4.98 Å². The van der Waals surface area contributed by atoms with E-state index >= 15 is 0 Å². The molecule has 1 aromatic heterocycles. The van der Waals surface area contributed by atoms with E-state index in [0.29, 0.717) is 0 Å². The van der Waals surface area contributed by atoms with E-state index < -0.39 is 8.07 Å². The van der Waals surface area contributed by atoms with E-state index in [4.69, 9.17) is 4.98 Å². The predicted octanol–water partition coefficient (Wildman–Crippen LogP) is 12.4. The second-order valence-electron chi connectivity index (χ2n) is 13.6. The zero-order valence-electron chi connectivity index (χ0n) is 28.1.